The lowest BCUT2D eigenvalue weighted by atomic mass is 9.85. The van der Waals surface area contributed by atoms with Crippen molar-refractivity contribution >= 4 is 12.0 Å². The number of carbonyl (C=O) groups is 2. The SMILES string of the molecule is CC1CCCCC1N(C)C(=O)N1CCC(CC(=O)O)CC1. The van der Waals surface area contributed by atoms with Crippen LogP contribution in [0.25, 0.3) is 0 Å². The van der Waals surface area contributed by atoms with Gasteiger partial charge in [-0.15, -0.1) is 0 Å². The second-order valence-electron chi connectivity index (χ2n) is 6.75. The highest BCUT2D eigenvalue weighted by atomic mass is 16.4. The molecular weight excluding hydrogens is 268 g/mol. The lowest BCUT2D eigenvalue weighted by molar-refractivity contribution is -0.138. The van der Waals surface area contributed by atoms with Gasteiger partial charge in [0.15, 0.2) is 0 Å². The molecule has 1 N–H and O–H groups in total. The topological polar surface area (TPSA) is 60.9 Å². The van der Waals surface area contributed by atoms with Crippen LogP contribution in [0.5, 0.6) is 0 Å². The molecule has 21 heavy (non-hydrogen) atoms. The summed E-state index contributed by atoms with van der Waals surface area (Å²) in [6, 6.07) is 0.491. The van der Waals surface area contributed by atoms with E-state index in [0.29, 0.717) is 25.0 Å². The van der Waals surface area contributed by atoms with E-state index < -0.39 is 5.97 Å². The van der Waals surface area contributed by atoms with Gasteiger partial charge in [0, 0.05) is 32.6 Å². The fourth-order valence-corrected chi connectivity index (χ4v) is 3.81. The van der Waals surface area contributed by atoms with Crippen molar-refractivity contribution in [1.82, 2.24) is 9.80 Å². The van der Waals surface area contributed by atoms with Gasteiger partial charge in [0.1, 0.15) is 0 Å². The Balaban J connectivity index is 1.84. The number of amides is 2. The minimum absolute atomic E-state index is 0.127. The molecule has 1 saturated heterocycles. The Morgan fingerprint density at radius 2 is 1.76 bits per heavy atom. The average Bonchev–Trinajstić information content (AvgIpc) is 2.46. The predicted molar refractivity (Wildman–Crippen MR) is 81.1 cm³/mol. The van der Waals surface area contributed by atoms with E-state index in [9.17, 15) is 9.59 Å². The largest absolute Gasteiger partial charge is 0.481 e. The van der Waals surface area contributed by atoms with Crippen LogP contribution in [-0.2, 0) is 4.79 Å². The van der Waals surface area contributed by atoms with Crippen molar-refractivity contribution in [3.05, 3.63) is 0 Å². The number of carboxylic acids is 1. The monoisotopic (exact) mass is 296 g/mol. The van der Waals surface area contributed by atoms with E-state index in [1.807, 2.05) is 16.8 Å². The van der Waals surface area contributed by atoms with E-state index in [0.717, 1.165) is 19.3 Å². The molecule has 0 radical (unpaired) electrons. The zero-order valence-corrected chi connectivity index (χ0v) is 13.3. The second kappa shape index (κ2) is 7.14. The molecule has 1 heterocycles. The number of likely N-dealkylation sites (tertiary alicyclic amines) is 1. The number of carboxylic acid groups (broad SMARTS) is 1. The molecule has 2 rings (SSSR count). The van der Waals surface area contributed by atoms with E-state index >= 15 is 0 Å². The summed E-state index contributed by atoms with van der Waals surface area (Å²) in [4.78, 5) is 27.2. The molecule has 0 bridgehead atoms. The molecule has 2 aliphatic rings. The van der Waals surface area contributed by atoms with Gasteiger partial charge in [-0.2, -0.15) is 0 Å². The molecule has 0 aromatic heterocycles. The van der Waals surface area contributed by atoms with Crippen LogP contribution in [0.3, 0.4) is 0 Å². The van der Waals surface area contributed by atoms with Crippen LogP contribution in [-0.4, -0.2) is 53.1 Å². The van der Waals surface area contributed by atoms with Gasteiger partial charge >= 0.3 is 12.0 Å². The summed E-state index contributed by atoms with van der Waals surface area (Å²) < 4.78 is 0. The fourth-order valence-electron chi connectivity index (χ4n) is 3.81. The van der Waals surface area contributed by atoms with Crippen molar-refractivity contribution in [3.63, 3.8) is 0 Å². The number of hydrogen-bond acceptors (Lipinski definition) is 2. The normalized spacial score (nSPS) is 27.4. The van der Waals surface area contributed by atoms with Crippen molar-refractivity contribution in [2.75, 3.05) is 20.1 Å². The number of aliphatic carboxylic acids is 1. The maximum atomic E-state index is 12.6. The summed E-state index contributed by atoms with van der Waals surface area (Å²) in [5, 5.41) is 8.84. The minimum Gasteiger partial charge on any atom is -0.481 e. The van der Waals surface area contributed by atoms with Crippen molar-refractivity contribution in [2.24, 2.45) is 11.8 Å². The maximum Gasteiger partial charge on any atom is 0.319 e. The van der Waals surface area contributed by atoms with E-state index in [2.05, 4.69) is 6.92 Å². The molecule has 0 aromatic rings. The van der Waals surface area contributed by atoms with Gasteiger partial charge in [-0.1, -0.05) is 19.8 Å². The van der Waals surface area contributed by atoms with Crippen LogP contribution in [0.15, 0.2) is 0 Å². The third kappa shape index (κ3) is 4.11. The van der Waals surface area contributed by atoms with Crippen molar-refractivity contribution < 1.29 is 14.7 Å². The molecule has 5 nitrogen and oxygen atoms in total. The zero-order chi connectivity index (χ0) is 15.4. The number of carbonyl (C=O) groups excluding carboxylic acids is 1. The molecule has 2 fully saturated rings. The molecular formula is C16H28N2O3. The third-order valence-electron chi connectivity index (χ3n) is 5.21. The first-order valence-corrected chi connectivity index (χ1v) is 8.22. The standard InChI is InChI=1S/C16H28N2O3/c1-12-5-3-4-6-14(12)17(2)16(21)18-9-7-13(8-10-18)11-15(19)20/h12-14H,3-11H2,1-2H3,(H,19,20). The first-order chi connectivity index (χ1) is 9.99. The zero-order valence-electron chi connectivity index (χ0n) is 13.3. The van der Waals surface area contributed by atoms with Crippen LogP contribution in [0.4, 0.5) is 4.79 Å². The number of nitrogens with zero attached hydrogens (tertiary/aromatic N) is 2. The highest BCUT2D eigenvalue weighted by molar-refractivity contribution is 5.74. The number of piperidine rings is 1. The Labute approximate surface area is 127 Å². The van der Waals surface area contributed by atoms with Gasteiger partial charge < -0.3 is 14.9 Å². The van der Waals surface area contributed by atoms with Crippen LogP contribution in [0.1, 0.15) is 51.9 Å². The number of rotatable bonds is 3. The van der Waals surface area contributed by atoms with Crippen LogP contribution in [0, 0.1) is 11.8 Å². The Morgan fingerprint density at radius 1 is 1.14 bits per heavy atom. The van der Waals surface area contributed by atoms with Gasteiger partial charge in [0.25, 0.3) is 0 Å². The summed E-state index contributed by atoms with van der Waals surface area (Å²) in [6.07, 6.45) is 6.67. The van der Waals surface area contributed by atoms with E-state index in [4.69, 9.17) is 5.11 Å². The van der Waals surface area contributed by atoms with Crippen molar-refractivity contribution in [1.29, 1.82) is 0 Å². The van der Waals surface area contributed by atoms with Gasteiger partial charge in [0.2, 0.25) is 0 Å². The first-order valence-electron chi connectivity index (χ1n) is 8.22. The van der Waals surface area contributed by atoms with E-state index in [1.165, 1.54) is 19.3 Å². The van der Waals surface area contributed by atoms with Gasteiger partial charge in [-0.05, 0) is 37.5 Å². The number of hydrogen-bond donors (Lipinski definition) is 1. The van der Waals surface area contributed by atoms with E-state index in [1.54, 1.807) is 0 Å². The van der Waals surface area contributed by atoms with Crippen LogP contribution >= 0.6 is 0 Å². The van der Waals surface area contributed by atoms with E-state index in [-0.39, 0.29) is 18.4 Å². The molecule has 0 spiro atoms. The quantitative estimate of drug-likeness (QED) is 0.871. The maximum absolute atomic E-state index is 12.6. The predicted octanol–water partition coefficient (Wildman–Crippen LogP) is 2.80. The van der Waals surface area contributed by atoms with Gasteiger partial charge in [-0.3, -0.25) is 4.79 Å². The summed E-state index contributed by atoms with van der Waals surface area (Å²) in [7, 11) is 1.93. The first kappa shape index (κ1) is 16.1. The highest BCUT2D eigenvalue weighted by Crippen LogP contribution is 2.29. The van der Waals surface area contributed by atoms with Crippen molar-refractivity contribution in [3.8, 4) is 0 Å². The molecule has 2 unspecified atom stereocenters. The average molecular weight is 296 g/mol. The molecule has 1 saturated carbocycles. The minimum atomic E-state index is -0.729. The number of urea groups is 1. The van der Waals surface area contributed by atoms with Gasteiger partial charge in [0.05, 0.1) is 0 Å². The molecule has 120 valence electrons. The summed E-state index contributed by atoms with van der Waals surface area (Å²) >= 11 is 0. The highest BCUT2D eigenvalue weighted by Gasteiger charge is 2.32. The lowest BCUT2D eigenvalue weighted by Gasteiger charge is -2.40. The summed E-state index contributed by atoms with van der Waals surface area (Å²) in [5.74, 6) is 0.0793. The Hall–Kier alpha value is -1.26. The van der Waals surface area contributed by atoms with Crippen molar-refractivity contribution in [2.45, 2.75) is 57.9 Å². The van der Waals surface area contributed by atoms with Crippen LogP contribution < -0.4 is 0 Å². The lowest BCUT2D eigenvalue weighted by Crippen LogP contribution is -2.51. The molecule has 0 aromatic carbocycles. The molecule has 2 atom stereocenters. The molecule has 1 aliphatic heterocycles. The van der Waals surface area contributed by atoms with Crippen LogP contribution in [0.2, 0.25) is 0 Å². The molecule has 2 amide bonds. The summed E-state index contributed by atoms with van der Waals surface area (Å²) in [6.45, 7) is 3.64. The summed E-state index contributed by atoms with van der Waals surface area (Å²) in [5.41, 5.74) is 0. The molecule has 5 heteroatoms. The third-order valence-corrected chi connectivity index (χ3v) is 5.21. The Bertz CT molecular complexity index is 378. The Kier molecular flexibility index (Phi) is 5.48. The second-order valence-corrected chi connectivity index (χ2v) is 6.75. The Morgan fingerprint density at radius 3 is 2.33 bits per heavy atom. The molecule has 1 aliphatic carbocycles. The smallest absolute Gasteiger partial charge is 0.319 e. The van der Waals surface area contributed by atoms with Gasteiger partial charge in [-0.25, -0.2) is 4.79 Å². The fraction of sp³-hybridized carbons (Fsp3) is 0.875.